The molecule has 0 aliphatic carbocycles. The van der Waals surface area contributed by atoms with Crippen molar-refractivity contribution < 1.29 is 9.13 Å². The van der Waals surface area contributed by atoms with Crippen LogP contribution in [0, 0.1) is 12.7 Å². The van der Waals surface area contributed by atoms with E-state index in [1.54, 1.807) is 19.1 Å². The number of halogens is 1. The molecule has 0 bridgehead atoms. The Morgan fingerprint density at radius 1 is 1.22 bits per heavy atom. The van der Waals surface area contributed by atoms with E-state index in [9.17, 15) is 4.39 Å². The summed E-state index contributed by atoms with van der Waals surface area (Å²) >= 11 is 0. The topological polar surface area (TPSA) is 47.0 Å². The molecule has 0 atom stereocenters. The van der Waals surface area contributed by atoms with E-state index >= 15 is 0 Å². The first-order chi connectivity index (χ1) is 8.70. The van der Waals surface area contributed by atoms with Gasteiger partial charge < -0.3 is 10.1 Å². The van der Waals surface area contributed by atoms with Gasteiger partial charge in [0.2, 0.25) is 5.82 Å². The van der Waals surface area contributed by atoms with Crippen LogP contribution in [0.1, 0.15) is 11.3 Å². The van der Waals surface area contributed by atoms with Crippen LogP contribution in [0.25, 0.3) is 0 Å². The Bertz CT molecular complexity index is 528. The number of aromatic nitrogens is 2. The third-order valence-electron chi connectivity index (χ3n) is 2.45. The molecule has 0 radical (unpaired) electrons. The number of nitrogens with zero attached hydrogens (tertiary/aromatic N) is 2. The van der Waals surface area contributed by atoms with E-state index < -0.39 is 5.82 Å². The van der Waals surface area contributed by atoms with Crippen molar-refractivity contribution in [3.8, 4) is 11.6 Å². The summed E-state index contributed by atoms with van der Waals surface area (Å²) in [5.74, 6) is -0.0347. The van der Waals surface area contributed by atoms with E-state index in [0.717, 1.165) is 12.1 Å². The normalized spacial score (nSPS) is 10.4. The second-order valence-electron chi connectivity index (χ2n) is 3.85. The summed E-state index contributed by atoms with van der Waals surface area (Å²) in [4.78, 5) is 7.52. The summed E-state index contributed by atoms with van der Waals surface area (Å²) in [6.45, 7) is 2.35. The molecule has 1 aromatic carbocycles. The van der Waals surface area contributed by atoms with E-state index in [2.05, 4.69) is 15.3 Å². The Hall–Kier alpha value is -2.01. The monoisotopic (exact) mass is 247 g/mol. The van der Waals surface area contributed by atoms with Crippen LogP contribution in [0.4, 0.5) is 4.39 Å². The lowest BCUT2D eigenvalue weighted by Gasteiger charge is -2.07. The first-order valence-electron chi connectivity index (χ1n) is 5.59. The fourth-order valence-electron chi connectivity index (χ4n) is 1.50. The molecule has 5 heteroatoms. The van der Waals surface area contributed by atoms with Crippen molar-refractivity contribution in [2.45, 2.75) is 13.5 Å². The number of ether oxygens (including phenoxy) is 1. The predicted molar refractivity (Wildman–Crippen MR) is 66.0 cm³/mol. The Morgan fingerprint density at radius 2 is 1.94 bits per heavy atom. The van der Waals surface area contributed by atoms with Crippen LogP contribution in [0.15, 0.2) is 30.6 Å². The maximum absolute atomic E-state index is 13.6. The summed E-state index contributed by atoms with van der Waals surface area (Å²) in [7, 11) is 1.88. The smallest absolute Gasteiger partial charge is 0.259 e. The molecule has 2 aromatic rings. The number of aryl methyl sites for hydroxylation is 1. The first-order valence-corrected chi connectivity index (χ1v) is 5.59. The van der Waals surface area contributed by atoms with Gasteiger partial charge in [0.1, 0.15) is 12.1 Å². The SMILES string of the molecule is CNCc1ccc(Oc2ncnc(C)c2F)cc1. The summed E-state index contributed by atoms with van der Waals surface area (Å²) in [6.07, 6.45) is 1.28. The molecule has 0 aliphatic heterocycles. The highest BCUT2D eigenvalue weighted by Gasteiger charge is 2.09. The van der Waals surface area contributed by atoms with Crippen LogP contribution in [0.5, 0.6) is 11.6 Å². The average Bonchev–Trinajstić information content (AvgIpc) is 2.38. The molecule has 1 N–H and O–H groups in total. The Morgan fingerprint density at radius 3 is 2.61 bits per heavy atom. The summed E-state index contributed by atoms with van der Waals surface area (Å²) < 4.78 is 19.0. The molecule has 0 saturated carbocycles. The van der Waals surface area contributed by atoms with E-state index in [0.29, 0.717) is 5.75 Å². The van der Waals surface area contributed by atoms with Crippen molar-refractivity contribution in [1.29, 1.82) is 0 Å². The van der Waals surface area contributed by atoms with Crippen molar-refractivity contribution in [1.82, 2.24) is 15.3 Å². The van der Waals surface area contributed by atoms with Gasteiger partial charge in [0, 0.05) is 6.54 Å². The van der Waals surface area contributed by atoms with Crippen molar-refractivity contribution in [3.63, 3.8) is 0 Å². The maximum Gasteiger partial charge on any atom is 0.259 e. The van der Waals surface area contributed by atoms with Gasteiger partial charge in [-0.05, 0) is 31.7 Å². The van der Waals surface area contributed by atoms with E-state index in [1.807, 2.05) is 19.2 Å². The predicted octanol–water partition coefficient (Wildman–Crippen LogP) is 2.44. The maximum atomic E-state index is 13.6. The Balaban J connectivity index is 2.16. The van der Waals surface area contributed by atoms with Crippen molar-refractivity contribution >= 4 is 0 Å². The lowest BCUT2D eigenvalue weighted by Crippen LogP contribution is -2.04. The molecule has 0 amide bonds. The molecule has 0 saturated heterocycles. The molecule has 0 spiro atoms. The van der Waals surface area contributed by atoms with Gasteiger partial charge in [-0.15, -0.1) is 0 Å². The fraction of sp³-hybridized carbons (Fsp3) is 0.231. The quantitative estimate of drug-likeness (QED) is 0.901. The molecule has 1 heterocycles. The van der Waals surface area contributed by atoms with Gasteiger partial charge >= 0.3 is 0 Å². The van der Waals surface area contributed by atoms with Crippen LogP contribution in [0.3, 0.4) is 0 Å². The minimum Gasteiger partial charge on any atom is -0.436 e. The second kappa shape index (κ2) is 5.55. The molecule has 0 unspecified atom stereocenters. The Kier molecular flexibility index (Phi) is 3.84. The van der Waals surface area contributed by atoms with Crippen LogP contribution in [-0.2, 0) is 6.54 Å². The van der Waals surface area contributed by atoms with Gasteiger partial charge in [-0.1, -0.05) is 12.1 Å². The summed E-state index contributed by atoms with van der Waals surface area (Å²) in [6, 6.07) is 7.39. The minimum atomic E-state index is -0.531. The van der Waals surface area contributed by atoms with Gasteiger partial charge in [0.25, 0.3) is 5.88 Å². The molecule has 2 rings (SSSR count). The largest absolute Gasteiger partial charge is 0.436 e. The van der Waals surface area contributed by atoms with Gasteiger partial charge in [-0.25, -0.2) is 4.98 Å². The van der Waals surface area contributed by atoms with Gasteiger partial charge in [-0.2, -0.15) is 9.37 Å². The van der Waals surface area contributed by atoms with Crippen molar-refractivity contribution in [3.05, 3.63) is 47.7 Å². The molecule has 18 heavy (non-hydrogen) atoms. The highest BCUT2D eigenvalue weighted by Crippen LogP contribution is 2.22. The third-order valence-corrected chi connectivity index (χ3v) is 2.45. The van der Waals surface area contributed by atoms with E-state index in [-0.39, 0.29) is 11.6 Å². The average molecular weight is 247 g/mol. The zero-order chi connectivity index (χ0) is 13.0. The number of rotatable bonds is 4. The van der Waals surface area contributed by atoms with Crippen LogP contribution in [0.2, 0.25) is 0 Å². The molecular formula is C13H14FN3O. The molecule has 0 aliphatic rings. The second-order valence-corrected chi connectivity index (χ2v) is 3.85. The lowest BCUT2D eigenvalue weighted by atomic mass is 10.2. The van der Waals surface area contributed by atoms with Crippen molar-refractivity contribution in [2.75, 3.05) is 7.05 Å². The van der Waals surface area contributed by atoms with Crippen LogP contribution < -0.4 is 10.1 Å². The highest BCUT2D eigenvalue weighted by atomic mass is 19.1. The van der Waals surface area contributed by atoms with Crippen LogP contribution in [-0.4, -0.2) is 17.0 Å². The van der Waals surface area contributed by atoms with Gasteiger partial charge in [-0.3, -0.25) is 0 Å². The van der Waals surface area contributed by atoms with Gasteiger partial charge in [0.15, 0.2) is 0 Å². The summed E-state index contributed by atoms with van der Waals surface area (Å²) in [5, 5.41) is 3.05. The first kappa shape index (κ1) is 12.4. The van der Waals surface area contributed by atoms with Crippen molar-refractivity contribution in [2.24, 2.45) is 0 Å². The van der Waals surface area contributed by atoms with E-state index in [4.69, 9.17) is 4.74 Å². The minimum absolute atomic E-state index is 0.0520. The number of hydrogen-bond donors (Lipinski definition) is 1. The van der Waals surface area contributed by atoms with Gasteiger partial charge in [0.05, 0.1) is 5.69 Å². The third kappa shape index (κ3) is 2.81. The number of benzene rings is 1. The van der Waals surface area contributed by atoms with Crippen LogP contribution >= 0.6 is 0 Å². The fourth-order valence-corrected chi connectivity index (χ4v) is 1.50. The Labute approximate surface area is 105 Å². The number of nitrogens with one attached hydrogen (secondary N) is 1. The highest BCUT2D eigenvalue weighted by molar-refractivity contribution is 5.31. The zero-order valence-corrected chi connectivity index (χ0v) is 10.3. The molecule has 94 valence electrons. The zero-order valence-electron chi connectivity index (χ0n) is 10.3. The number of hydrogen-bond acceptors (Lipinski definition) is 4. The van der Waals surface area contributed by atoms with E-state index in [1.165, 1.54) is 6.33 Å². The molecule has 1 aromatic heterocycles. The standard InChI is InChI=1S/C13H14FN3O/c1-9-12(14)13(17-8-16-9)18-11-5-3-10(4-6-11)7-15-2/h3-6,8,15H,7H2,1-2H3. The molecule has 0 fully saturated rings. The molecule has 4 nitrogen and oxygen atoms in total. The molecular weight excluding hydrogens is 233 g/mol. The summed E-state index contributed by atoms with van der Waals surface area (Å²) in [5.41, 5.74) is 1.40. The lowest BCUT2D eigenvalue weighted by molar-refractivity contribution is 0.416.